The van der Waals surface area contributed by atoms with E-state index >= 15 is 0 Å². The number of nitrogens with two attached hydrogens (primary N) is 1. The molecule has 0 unspecified atom stereocenters. The normalized spacial score (nSPS) is 24.5. The van der Waals surface area contributed by atoms with Gasteiger partial charge in [-0.15, -0.1) is 0 Å². The van der Waals surface area contributed by atoms with E-state index in [2.05, 4.69) is 6.92 Å². The first-order valence-corrected chi connectivity index (χ1v) is 7.19. The molecule has 0 atom stereocenters. The first kappa shape index (κ1) is 12.9. The minimum absolute atomic E-state index is 0.155. The molecule has 1 aliphatic heterocycles. The molecule has 0 spiro atoms. The number of nitrogens with zero attached hydrogens (tertiary/aromatic N) is 1. The molecule has 1 saturated carbocycles. The summed E-state index contributed by atoms with van der Waals surface area (Å²) in [5.41, 5.74) is 5.98. The molecular weight excluding hydrogens is 212 g/mol. The Hall–Kier alpha value is -0.570. The van der Waals surface area contributed by atoms with Crippen molar-refractivity contribution in [2.45, 2.75) is 63.8 Å². The topological polar surface area (TPSA) is 46.3 Å². The highest BCUT2D eigenvalue weighted by Crippen LogP contribution is 2.33. The zero-order valence-corrected chi connectivity index (χ0v) is 11.1. The number of likely N-dealkylation sites (tertiary alicyclic amines) is 1. The van der Waals surface area contributed by atoms with Crippen molar-refractivity contribution in [2.75, 3.05) is 13.1 Å². The average molecular weight is 238 g/mol. The highest BCUT2D eigenvalue weighted by atomic mass is 16.2. The monoisotopic (exact) mass is 238 g/mol. The molecule has 2 rings (SSSR count). The van der Waals surface area contributed by atoms with Gasteiger partial charge in [0.2, 0.25) is 5.91 Å². The summed E-state index contributed by atoms with van der Waals surface area (Å²) in [6.07, 6.45) is 8.81. The first-order chi connectivity index (χ1) is 8.13. The Kier molecular flexibility index (Phi) is 4.08. The van der Waals surface area contributed by atoms with Crippen LogP contribution in [0, 0.1) is 5.92 Å². The second-order valence-electron chi connectivity index (χ2n) is 6.01. The van der Waals surface area contributed by atoms with E-state index in [0.717, 1.165) is 31.8 Å². The number of piperidine rings is 1. The van der Waals surface area contributed by atoms with E-state index in [-0.39, 0.29) is 5.54 Å². The summed E-state index contributed by atoms with van der Waals surface area (Å²) in [6, 6.07) is 0. The average Bonchev–Trinajstić information content (AvgIpc) is 2.28. The van der Waals surface area contributed by atoms with Crippen LogP contribution in [0.25, 0.3) is 0 Å². The van der Waals surface area contributed by atoms with Crippen molar-refractivity contribution in [2.24, 2.45) is 11.7 Å². The lowest BCUT2D eigenvalue weighted by Crippen LogP contribution is -2.51. The molecule has 3 heteroatoms. The quantitative estimate of drug-likeness (QED) is 0.817. The number of carbonyl (C=O) groups is 1. The van der Waals surface area contributed by atoms with Gasteiger partial charge in [0.05, 0.1) is 0 Å². The number of carbonyl (C=O) groups excluding carboxylic acids is 1. The molecule has 1 heterocycles. The van der Waals surface area contributed by atoms with E-state index in [0.29, 0.717) is 12.3 Å². The number of hydrogen-bond donors (Lipinski definition) is 1. The number of rotatable bonds is 4. The summed E-state index contributed by atoms with van der Waals surface area (Å²) in [7, 11) is 0. The van der Waals surface area contributed by atoms with Gasteiger partial charge in [-0.25, -0.2) is 0 Å². The molecule has 0 radical (unpaired) electrons. The molecule has 98 valence electrons. The van der Waals surface area contributed by atoms with Crippen LogP contribution >= 0.6 is 0 Å². The van der Waals surface area contributed by atoms with Crippen LogP contribution in [-0.4, -0.2) is 29.4 Å². The lowest BCUT2D eigenvalue weighted by Gasteiger charge is -2.40. The van der Waals surface area contributed by atoms with Crippen LogP contribution < -0.4 is 5.73 Å². The molecule has 2 N–H and O–H groups in total. The van der Waals surface area contributed by atoms with Crippen molar-refractivity contribution in [3.05, 3.63) is 0 Å². The molecule has 0 aromatic heterocycles. The van der Waals surface area contributed by atoms with Crippen molar-refractivity contribution >= 4 is 5.91 Å². The van der Waals surface area contributed by atoms with Gasteiger partial charge >= 0.3 is 0 Å². The van der Waals surface area contributed by atoms with Gasteiger partial charge in [-0.2, -0.15) is 0 Å². The summed E-state index contributed by atoms with van der Waals surface area (Å²) in [6.45, 7) is 4.16. The van der Waals surface area contributed by atoms with Crippen LogP contribution in [-0.2, 0) is 4.79 Å². The molecule has 0 bridgehead atoms. The summed E-state index contributed by atoms with van der Waals surface area (Å²) in [5, 5.41) is 0. The molecule has 1 amide bonds. The van der Waals surface area contributed by atoms with Crippen LogP contribution in [0.2, 0.25) is 0 Å². The summed E-state index contributed by atoms with van der Waals surface area (Å²) in [5.74, 6) is 1.14. The van der Waals surface area contributed by atoms with Crippen LogP contribution in [0.4, 0.5) is 0 Å². The predicted octanol–water partition coefficient (Wildman–Crippen LogP) is 2.30. The van der Waals surface area contributed by atoms with Gasteiger partial charge in [0.1, 0.15) is 0 Å². The molecule has 2 aliphatic rings. The summed E-state index contributed by atoms with van der Waals surface area (Å²) in [4.78, 5) is 14.2. The minimum atomic E-state index is -0.155. The summed E-state index contributed by atoms with van der Waals surface area (Å²) < 4.78 is 0. The van der Waals surface area contributed by atoms with Gasteiger partial charge in [0, 0.05) is 25.0 Å². The van der Waals surface area contributed by atoms with Crippen molar-refractivity contribution in [3.63, 3.8) is 0 Å². The lowest BCUT2D eigenvalue weighted by molar-refractivity contribution is -0.134. The summed E-state index contributed by atoms with van der Waals surface area (Å²) >= 11 is 0. The highest BCUT2D eigenvalue weighted by Gasteiger charge is 2.36. The molecule has 3 nitrogen and oxygen atoms in total. The molecule has 2 fully saturated rings. The third kappa shape index (κ3) is 3.21. The Labute approximate surface area is 105 Å². The standard InChI is InChI=1S/C14H26N2O/c1-2-4-12-5-9-16(10-6-12)13(17)11-14(15)7-3-8-14/h12H,2-11,15H2,1H3. The number of amides is 1. The molecule has 1 aliphatic carbocycles. The SMILES string of the molecule is CCCC1CCN(C(=O)CC2(N)CCC2)CC1. The van der Waals surface area contributed by atoms with E-state index in [1.165, 1.54) is 32.1 Å². The molecule has 1 saturated heterocycles. The van der Waals surface area contributed by atoms with Gasteiger partial charge in [0.25, 0.3) is 0 Å². The van der Waals surface area contributed by atoms with Crippen molar-refractivity contribution in [1.82, 2.24) is 4.90 Å². The van der Waals surface area contributed by atoms with E-state index in [4.69, 9.17) is 5.73 Å². The Morgan fingerprint density at radius 2 is 2.00 bits per heavy atom. The second-order valence-corrected chi connectivity index (χ2v) is 6.01. The van der Waals surface area contributed by atoms with Gasteiger partial charge in [0.15, 0.2) is 0 Å². The van der Waals surface area contributed by atoms with Crippen molar-refractivity contribution in [3.8, 4) is 0 Å². The van der Waals surface area contributed by atoms with Crippen LogP contribution in [0.5, 0.6) is 0 Å². The maximum Gasteiger partial charge on any atom is 0.224 e. The Morgan fingerprint density at radius 1 is 1.35 bits per heavy atom. The molecular formula is C14H26N2O. The van der Waals surface area contributed by atoms with Crippen molar-refractivity contribution in [1.29, 1.82) is 0 Å². The van der Waals surface area contributed by atoms with E-state index < -0.39 is 0 Å². The van der Waals surface area contributed by atoms with E-state index in [1.807, 2.05) is 4.90 Å². The zero-order valence-electron chi connectivity index (χ0n) is 11.1. The maximum absolute atomic E-state index is 12.1. The first-order valence-electron chi connectivity index (χ1n) is 7.19. The molecule has 0 aromatic carbocycles. The third-order valence-corrected chi connectivity index (χ3v) is 4.52. The van der Waals surface area contributed by atoms with Gasteiger partial charge in [-0.1, -0.05) is 19.8 Å². The Morgan fingerprint density at radius 3 is 2.47 bits per heavy atom. The fourth-order valence-electron chi connectivity index (χ4n) is 3.10. The fraction of sp³-hybridized carbons (Fsp3) is 0.929. The fourth-order valence-corrected chi connectivity index (χ4v) is 3.10. The number of hydrogen-bond acceptors (Lipinski definition) is 2. The zero-order chi connectivity index (χ0) is 12.3. The molecule has 17 heavy (non-hydrogen) atoms. The smallest absolute Gasteiger partial charge is 0.224 e. The Balaban J connectivity index is 1.74. The van der Waals surface area contributed by atoms with Crippen LogP contribution in [0.1, 0.15) is 58.3 Å². The van der Waals surface area contributed by atoms with Crippen molar-refractivity contribution < 1.29 is 4.79 Å². The molecule has 0 aromatic rings. The minimum Gasteiger partial charge on any atom is -0.343 e. The third-order valence-electron chi connectivity index (χ3n) is 4.52. The van der Waals surface area contributed by atoms with Gasteiger partial charge in [-0.05, 0) is 38.0 Å². The highest BCUT2D eigenvalue weighted by molar-refractivity contribution is 5.77. The van der Waals surface area contributed by atoms with E-state index in [9.17, 15) is 4.79 Å². The van der Waals surface area contributed by atoms with Crippen LogP contribution in [0.15, 0.2) is 0 Å². The maximum atomic E-state index is 12.1. The van der Waals surface area contributed by atoms with Crippen LogP contribution in [0.3, 0.4) is 0 Å². The largest absolute Gasteiger partial charge is 0.343 e. The Bertz CT molecular complexity index is 265. The predicted molar refractivity (Wildman–Crippen MR) is 69.6 cm³/mol. The van der Waals surface area contributed by atoms with Gasteiger partial charge in [-0.3, -0.25) is 4.79 Å². The second kappa shape index (κ2) is 5.38. The van der Waals surface area contributed by atoms with E-state index in [1.54, 1.807) is 0 Å². The lowest BCUT2D eigenvalue weighted by atomic mass is 9.75. The van der Waals surface area contributed by atoms with Gasteiger partial charge < -0.3 is 10.6 Å².